The van der Waals surface area contributed by atoms with Crippen molar-refractivity contribution in [3.63, 3.8) is 0 Å². The van der Waals surface area contributed by atoms with Crippen LogP contribution in [0.2, 0.25) is 0 Å². The molecule has 0 aromatic heterocycles. The predicted molar refractivity (Wildman–Crippen MR) is 134 cm³/mol. The van der Waals surface area contributed by atoms with Crippen molar-refractivity contribution < 1.29 is 24.8 Å². The van der Waals surface area contributed by atoms with Crippen LogP contribution in [-0.4, -0.2) is 51.6 Å². The Morgan fingerprint density at radius 3 is 2.34 bits per heavy atom. The summed E-state index contributed by atoms with van der Waals surface area (Å²) >= 11 is 0. The van der Waals surface area contributed by atoms with Gasteiger partial charge < -0.3 is 24.8 Å². The maximum atomic E-state index is 11.0. The van der Waals surface area contributed by atoms with Crippen LogP contribution < -0.4 is 0 Å². The third kappa shape index (κ3) is 2.83. The van der Waals surface area contributed by atoms with Crippen molar-refractivity contribution in [2.45, 2.75) is 117 Å². The fraction of sp³-hybridized carbons (Fsp3) is 0.867. The van der Waals surface area contributed by atoms with Crippen molar-refractivity contribution in [2.24, 2.45) is 39.4 Å². The summed E-state index contributed by atoms with van der Waals surface area (Å²) in [4.78, 5) is 0. The molecule has 2 saturated carbocycles. The number of aliphatic hydroxyl groups is 3. The van der Waals surface area contributed by atoms with Crippen LogP contribution >= 0.6 is 0 Å². The summed E-state index contributed by atoms with van der Waals surface area (Å²) < 4.78 is 12.8. The molecule has 196 valence electrons. The first kappa shape index (κ1) is 24.6. The monoisotopic (exact) mass is 486 g/mol. The fourth-order valence-electron chi connectivity index (χ4n) is 10.2. The molecule has 0 bridgehead atoms. The maximum Gasteiger partial charge on any atom is 0.198 e. The van der Waals surface area contributed by atoms with E-state index in [4.69, 9.17) is 9.47 Å². The van der Waals surface area contributed by atoms with Gasteiger partial charge >= 0.3 is 0 Å². The van der Waals surface area contributed by atoms with Gasteiger partial charge in [-0.1, -0.05) is 53.7 Å². The fourth-order valence-corrected chi connectivity index (χ4v) is 10.2. The Hall–Kier alpha value is -0.720. The molecule has 0 aromatic carbocycles. The van der Waals surface area contributed by atoms with E-state index in [2.05, 4.69) is 53.7 Å². The first-order valence-electron chi connectivity index (χ1n) is 13.9. The summed E-state index contributed by atoms with van der Waals surface area (Å²) in [5.74, 6) is 0.0130. The molecule has 35 heavy (non-hydrogen) atoms. The van der Waals surface area contributed by atoms with Crippen LogP contribution in [0.15, 0.2) is 23.3 Å². The van der Waals surface area contributed by atoms with E-state index < -0.39 is 17.5 Å². The van der Waals surface area contributed by atoms with Gasteiger partial charge in [-0.3, -0.25) is 0 Å². The minimum Gasteiger partial charge on any atom is -0.393 e. The third-order valence-corrected chi connectivity index (χ3v) is 12.4. The number of ether oxygens (including phenoxy) is 2. The van der Waals surface area contributed by atoms with E-state index in [1.807, 2.05) is 0 Å². The van der Waals surface area contributed by atoms with Crippen molar-refractivity contribution in [3.05, 3.63) is 23.3 Å². The Balaban J connectivity index is 1.39. The zero-order chi connectivity index (χ0) is 25.4. The van der Waals surface area contributed by atoms with E-state index in [0.717, 1.165) is 32.1 Å². The molecule has 6 aliphatic rings. The van der Waals surface area contributed by atoms with Gasteiger partial charge in [-0.05, 0) is 84.2 Å². The minimum absolute atomic E-state index is 0.0129. The Labute approximate surface area is 211 Å². The van der Waals surface area contributed by atoms with Crippen molar-refractivity contribution >= 4 is 0 Å². The van der Waals surface area contributed by atoms with Crippen LogP contribution in [-0.2, 0) is 9.47 Å². The summed E-state index contributed by atoms with van der Waals surface area (Å²) in [6.07, 6.45) is 9.24. The molecular formula is C30H46O5. The summed E-state index contributed by atoms with van der Waals surface area (Å²) in [5, 5.41) is 32.6. The molecule has 2 heterocycles. The van der Waals surface area contributed by atoms with E-state index in [1.54, 1.807) is 6.92 Å². The molecule has 1 spiro atoms. The van der Waals surface area contributed by atoms with E-state index in [-0.39, 0.29) is 40.5 Å². The molecule has 0 aromatic rings. The molecule has 5 nitrogen and oxygen atoms in total. The normalized spacial score (nSPS) is 58.7. The van der Waals surface area contributed by atoms with Crippen LogP contribution in [0.4, 0.5) is 0 Å². The van der Waals surface area contributed by atoms with E-state index >= 15 is 0 Å². The quantitative estimate of drug-likeness (QED) is 0.461. The van der Waals surface area contributed by atoms with Gasteiger partial charge in [0.15, 0.2) is 5.79 Å². The molecular weight excluding hydrogens is 440 g/mol. The average Bonchev–Trinajstić information content (AvgIpc) is 3.13. The van der Waals surface area contributed by atoms with Gasteiger partial charge in [0.1, 0.15) is 11.7 Å². The maximum absolute atomic E-state index is 11.0. The van der Waals surface area contributed by atoms with Crippen molar-refractivity contribution in [3.8, 4) is 0 Å². The van der Waals surface area contributed by atoms with Gasteiger partial charge in [0.25, 0.3) is 0 Å². The van der Waals surface area contributed by atoms with E-state index in [0.29, 0.717) is 24.2 Å². The second kappa shape index (κ2) is 7.02. The Kier molecular flexibility index (Phi) is 4.94. The summed E-state index contributed by atoms with van der Waals surface area (Å²) in [7, 11) is 0. The van der Waals surface area contributed by atoms with Crippen LogP contribution in [0, 0.1) is 39.4 Å². The number of allylic oxidation sites excluding steroid dienone is 4. The standard InChI is InChI=1S/C30H46O5/c1-17-14-30(24(32)29(7,33)16-34-30)35-20-15-28(6)19-8-9-21-25(2,3)22(31)11-12-26(21,4)18(19)10-13-27(28,5)23(17)20/h8,10,17,20-24,31-33H,9,11-16H2,1-7H3/t17-,20+,21?,22+,23-,24+,26-,27-,28+,29+,30-/m1/s1. The minimum atomic E-state index is -1.28. The SMILES string of the molecule is C[C@@H]1C[C@@]2(OC[C@](C)(O)[C@@H]2O)O[C@H]2C[C@@]3(C)C4=CCC5C(C)(C)[C@@H](O)CC[C@]5(C)C4=CC[C@]3(C)[C@H]12. The molecule has 6 rings (SSSR count). The van der Waals surface area contributed by atoms with Crippen LogP contribution in [0.5, 0.6) is 0 Å². The largest absolute Gasteiger partial charge is 0.393 e. The van der Waals surface area contributed by atoms with E-state index in [1.165, 1.54) is 11.1 Å². The number of rotatable bonds is 0. The van der Waals surface area contributed by atoms with Crippen molar-refractivity contribution in [1.29, 1.82) is 0 Å². The summed E-state index contributed by atoms with van der Waals surface area (Å²) in [5.41, 5.74) is 1.78. The van der Waals surface area contributed by atoms with Crippen LogP contribution in [0.25, 0.3) is 0 Å². The van der Waals surface area contributed by atoms with Crippen molar-refractivity contribution in [1.82, 2.24) is 0 Å². The molecule has 3 N–H and O–H groups in total. The number of aliphatic hydroxyl groups excluding tert-OH is 2. The Morgan fingerprint density at radius 1 is 0.971 bits per heavy atom. The van der Waals surface area contributed by atoms with Crippen molar-refractivity contribution in [2.75, 3.05) is 6.61 Å². The molecule has 4 fully saturated rings. The second-order valence-corrected chi connectivity index (χ2v) is 14.7. The topological polar surface area (TPSA) is 79.2 Å². The molecule has 2 saturated heterocycles. The lowest BCUT2D eigenvalue weighted by Gasteiger charge is -2.61. The van der Waals surface area contributed by atoms with Gasteiger partial charge in [-0.25, -0.2) is 0 Å². The highest BCUT2D eigenvalue weighted by Gasteiger charge is 2.70. The predicted octanol–water partition coefficient (Wildman–Crippen LogP) is 4.75. The van der Waals surface area contributed by atoms with Crippen LogP contribution in [0.1, 0.15) is 87.0 Å². The Bertz CT molecular complexity index is 997. The average molecular weight is 487 g/mol. The first-order chi connectivity index (χ1) is 16.1. The van der Waals surface area contributed by atoms with Gasteiger partial charge in [0.05, 0.1) is 18.8 Å². The zero-order valence-electron chi connectivity index (χ0n) is 22.7. The molecule has 11 atom stereocenters. The van der Waals surface area contributed by atoms with Crippen LogP contribution in [0.3, 0.4) is 0 Å². The van der Waals surface area contributed by atoms with Gasteiger partial charge in [0.2, 0.25) is 0 Å². The second-order valence-electron chi connectivity index (χ2n) is 14.7. The Morgan fingerprint density at radius 2 is 1.69 bits per heavy atom. The molecule has 1 unspecified atom stereocenters. The number of hydrogen-bond donors (Lipinski definition) is 3. The highest BCUT2D eigenvalue weighted by molar-refractivity contribution is 5.50. The molecule has 0 radical (unpaired) electrons. The molecule has 0 amide bonds. The lowest BCUT2D eigenvalue weighted by molar-refractivity contribution is -0.312. The van der Waals surface area contributed by atoms with Gasteiger partial charge in [0, 0.05) is 11.8 Å². The van der Waals surface area contributed by atoms with E-state index in [9.17, 15) is 15.3 Å². The zero-order valence-corrected chi connectivity index (χ0v) is 22.7. The number of fused-ring (bicyclic) bond motifs is 7. The molecule has 5 heteroatoms. The van der Waals surface area contributed by atoms with Gasteiger partial charge in [-0.15, -0.1) is 0 Å². The smallest absolute Gasteiger partial charge is 0.198 e. The number of hydrogen-bond acceptors (Lipinski definition) is 5. The highest BCUT2D eigenvalue weighted by atomic mass is 16.7. The van der Waals surface area contributed by atoms with Gasteiger partial charge in [-0.2, -0.15) is 0 Å². The summed E-state index contributed by atoms with van der Waals surface area (Å²) in [6.45, 7) is 15.9. The lowest BCUT2D eigenvalue weighted by Crippen LogP contribution is -2.58. The first-order valence-corrected chi connectivity index (χ1v) is 13.9. The molecule has 4 aliphatic carbocycles. The third-order valence-electron chi connectivity index (χ3n) is 12.4. The lowest BCUT2D eigenvalue weighted by atomic mass is 9.44. The summed E-state index contributed by atoms with van der Waals surface area (Å²) in [6, 6.07) is 0. The molecule has 2 aliphatic heterocycles. The highest BCUT2D eigenvalue weighted by Crippen LogP contribution is 2.73.